The van der Waals surface area contributed by atoms with E-state index in [0.717, 1.165) is 12.0 Å². The molecule has 1 unspecified atom stereocenters. The molecule has 0 aromatic heterocycles. The first-order valence-corrected chi connectivity index (χ1v) is 5.33. The highest BCUT2D eigenvalue weighted by Crippen LogP contribution is 2.32. The van der Waals surface area contributed by atoms with Crippen LogP contribution in [0.1, 0.15) is 38.0 Å². The first-order valence-electron chi connectivity index (χ1n) is 5.33. The Labute approximate surface area is 92.5 Å². The largest absolute Gasteiger partial charge is 0.388 e. The molecule has 0 aliphatic rings. The zero-order chi connectivity index (χ0) is 11.5. The van der Waals surface area contributed by atoms with Crippen molar-refractivity contribution in [2.45, 2.75) is 33.3 Å². The molecule has 1 aromatic carbocycles. The van der Waals surface area contributed by atoms with Gasteiger partial charge in [-0.25, -0.2) is 0 Å². The quantitative estimate of drug-likeness (QED) is 0.747. The molecule has 0 bridgehead atoms. The highest BCUT2D eigenvalue weighted by Gasteiger charge is 2.23. The van der Waals surface area contributed by atoms with E-state index in [-0.39, 0.29) is 5.41 Å². The number of hydrogen-bond acceptors (Lipinski definition) is 1. The molecule has 15 heavy (non-hydrogen) atoms. The minimum absolute atomic E-state index is 0.111. The summed E-state index contributed by atoms with van der Waals surface area (Å²) in [5.41, 5.74) is 2.10. The third-order valence-electron chi connectivity index (χ3n) is 2.50. The summed E-state index contributed by atoms with van der Waals surface area (Å²) in [6, 6.07) is 8.08. The van der Waals surface area contributed by atoms with Crippen molar-refractivity contribution in [2.75, 3.05) is 0 Å². The lowest BCUT2D eigenvalue weighted by molar-refractivity contribution is 0.0627. The van der Waals surface area contributed by atoms with Gasteiger partial charge in [0.1, 0.15) is 0 Å². The fraction of sp³-hybridized carbons (Fsp3) is 0.429. The Morgan fingerprint density at radius 1 is 1.27 bits per heavy atom. The summed E-state index contributed by atoms with van der Waals surface area (Å²) in [7, 11) is 0. The van der Waals surface area contributed by atoms with Crippen LogP contribution in [0.3, 0.4) is 0 Å². The normalized spacial score (nSPS) is 13.6. The van der Waals surface area contributed by atoms with Gasteiger partial charge in [0, 0.05) is 0 Å². The van der Waals surface area contributed by atoms with E-state index in [9.17, 15) is 5.11 Å². The van der Waals surface area contributed by atoms with Crippen LogP contribution < -0.4 is 0 Å². The van der Waals surface area contributed by atoms with Gasteiger partial charge < -0.3 is 5.11 Å². The van der Waals surface area contributed by atoms with Crippen LogP contribution >= 0.6 is 0 Å². The summed E-state index contributed by atoms with van der Waals surface area (Å²) in [6.45, 7) is 9.81. The van der Waals surface area contributed by atoms with Gasteiger partial charge in [0.05, 0.1) is 6.10 Å². The number of benzene rings is 1. The predicted octanol–water partition coefficient (Wildman–Crippen LogP) is 3.49. The molecule has 0 spiro atoms. The maximum absolute atomic E-state index is 10.1. The standard InChI is InChI=1S/C14H20O/c1-5-6-11-7-9-12(10-8-11)13(15)14(2,3)4/h5,7-10,13,15H,1,6H2,2-4H3. The average Bonchev–Trinajstić information content (AvgIpc) is 2.17. The molecule has 0 fully saturated rings. The highest BCUT2D eigenvalue weighted by atomic mass is 16.3. The van der Waals surface area contributed by atoms with Crippen molar-refractivity contribution in [1.29, 1.82) is 0 Å². The van der Waals surface area contributed by atoms with Gasteiger partial charge in [0.2, 0.25) is 0 Å². The smallest absolute Gasteiger partial charge is 0.0838 e. The van der Waals surface area contributed by atoms with Crippen molar-refractivity contribution < 1.29 is 5.11 Å². The summed E-state index contributed by atoms with van der Waals surface area (Å²) in [4.78, 5) is 0. The molecule has 82 valence electrons. The second-order valence-electron chi connectivity index (χ2n) is 5.00. The second-order valence-corrected chi connectivity index (χ2v) is 5.00. The molecule has 0 aliphatic carbocycles. The van der Waals surface area contributed by atoms with E-state index in [1.54, 1.807) is 0 Å². The second kappa shape index (κ2) is 4.63. The lowest BCUT2D eigenvalue weighted by atomic mass is 9.84. The number of allylic oxidation sites excluding steroid dienone is 1. The molecule has 1 rings (SSSR count). The van der Waals surface area contributed by atoms with Crippen LogP contribution in [0.2, 0.25) is 0 Å². The Kier molecular flexibility index (Phi) is 3.70. The Hall–Kier alpha value is -1.08. The molecule has 0 amide bonds. The van der Waals surface area contributed by atoms with E-state index in [2.05, 4.69) is 6.58 Å². The van der Waals surface area contributed by atoms with Crippen LogP contribution in [0, 0.1) is 5.41 Å². The topological polar surface area (TPSA) is 20.2 Å². The Balaban J connectivity index is 2.84. The van der Waals surface area contributed by atoms with Crippen molar-refractivity contribution in [3.8, 4) is 0 Å². The van der Waals surface area contributed by atoms with Gasteiger partial charge >= 0.3 is 0 Å². The number of hydrogen-bond donors (Lipinski definition) is 1. The summed E-state index contributed by atoms with van der Waals surface area (Å²) in [5, 5.41) is 10.1. The monoisotopic (exact) mass is 204 g/mol. The fourth-order valence-electron chi connectivity index (χ4n) is 1.50. The molecular formula is C14H20O. The zero-order valence-corrected chi connectivity index (χ0v) is 9.83. The lowest BCUT2D eigenvalue weighted by Gasteiger charge is -2.26. The van der Waals surface area contributed by atoms with Crippen molar-refractivity contribution >= 4 is 0 Å². The first-order chi connectivity index (χ1) is 6.95. The fourth-order valence-corrected chi connectivity index (χ4v) is 1.50. The molecule has 1 aromatic rings. The van der Waals surface area contributed by atoms with E-state index >= 15 is 0 Å². The molecular weight excluding hydrogens is 184 g/mol. The lowest BCUT2D eigenvalue weighted by Crippen LogP contribution is -2.17. The number of aliphatic hydroxyl groups is 1. The van der Waals surface area contributed by atoms with Crippen LogP contribution in [0.5, 0.6) is 0 Å². The molecule has 1 nitrogen and oxygen atoms in total. The summed E-state index contributed by atoms with van der Waals surface area (Å²) < 4.78 is 0. The minimum Gasteiger partial charge on any atom is -0.388 e. The average molecular weight is 204 g/mol. The van der Waals surface area contributed by atoms with E-state index in [1.807, 2.05) is 51.1 Å². The van der Waals surface area contributed by atoms with Crippen LogP contribution in [-0.4, -0.2) is 5.11 Å². The van der Waals surface area contributed by atoms with Gasteiger partial charge in [-0.1, -0.05) is 51.1 Å². The summed E-state index contributed by atoms with van der Waals surface area (Å²) in [5.74, 6) is 0. The predicted molar refractivity (Wildman–Crippen MR) is 64.8 cm³/mol. The van der Waals surface area contributed by atoms with E-state index < -0.39 is 6.10 Å². The zero-order valence-electron chi connectivity index (χ0n) is 9.83. The number of rotatable bonds is 3. The first kappa shape index (κ1) is 12.0. The molecule has 0 heterocycles. The van der Waals surface area contributed by atoms with Crippen molar-refractivity contribution in [1.82, 2.24) is 0 Å². The van der Waals surface area contributed by atoms with Gasteiger partial charge in [-0.3, -0.25) is 0 Å². The third-order valence-corrected chi connectivity index (χ3v) is 2.50. The molecule has 0 saturated carbocycles. The Bertz CT molecular complexity index is 316. The minimum atomic E-state index is -0.407. The number of aliphatic hydroxyl groups excluding tert-OH is 1. The molecule has 1 atom stereocenters. The van der Waals surface area contributed by atoms with E-state index in [1.165, 1.54) is 5.56 Å². The molecule has 0 aliphatic heterocycles. The molecule has 0 saturated heterocycles. The Morgan fingerprint density at radius 3 is 2.20 bits per heavy atom. The van der Waals surface area contributed by atoms with Gasteiger partial charge in [-0.2, -0.15) is 0 Å². The van der Waals surface area contributed by atoms with Gasteiger partial charge in [0.15, 0.2) is 0 Å². The maximum atomic E-state index is 10.1. The SMILES string of the molecule is C=CCc1ccc(C(O)C(C)(C)C)cc1. The van der Waals surface area contributed by atoms with Crippen LogP contribution in [-0.2, 0) is 6.42 Å². The van der Waals surface area contributed by atoms with Crippen LogP contribution in [0.4, 0.5) is 0 Å². The van der Waals surface area contributed by atoms with Crippen LogP contribution in [0.25, 0.3) is 0 Å². The van der Waals surface area contributed by atoms with E-state index in [4.69, 9.17) is 0 Å². The molecule has 0 radical (unpaired) electrons. The maximum Gasteiger partial charge on any atom is 0.0838 e. The van der Waals surface area contributed by atoms with Crippen molar-refractivity contribution in [3.05, 3.63) is 48.0 Å². The molecule has 1 heteroatoms. The van der Waals surface area contributed by atoms with Crippen molar-refractivity contribution in [2.24, 2.45) is 5.41 Å². The third kappa shape index (κ3) is 3.21. The van der Waals surface area contributed by atoms with Gasteiger partial charge in [-0.15, -0.1) is 6.58 Å². The molecule has 1 N–H and O–H groups in total. The van der Waals surface area contributed by atoms with Crippen molar-refractivity contribution in [3.63, 3.8) is 0 Å². The highest BCUT2D eigenvalue weighted by molar-refractivity contribution is 5.26. The van der Waals surface area contributed by atoms with Crippen LogP contribution in [0.15, 0.2) is 36.9 Å². The summed E-state index contributed by atoms with van der Waals surface area (Å²) in [6.07, 6.45) is 2.36. The van der Waals surface area contributed by atoms with Gasteiger partial charge in [-0.05, 0) is 23.0 Å². The Morgan fingerprint density at radius 2 is 1.80 bits per heavy atom. The summed E-state index contributed by atoms with van der Waals surface area (Å²) >= 11 is 0. The van der Waals surface area contributed by atoms with E-state index in [0.29, 0.717) is 0 Å². The van der Waals surface area contributed by atoms with Gasteiger partial charge in [0.25, 0.3) is 0 Å².